The van der Waals surface area contributed by atoms with E-state index in [1.54, 1.807) is 0 Å². The number of rotatable bonds is 4. The van der Waals surface area contributed by atoms with E-state index in [4.69, 9.17) is 11.6 Å². The lowest BCUT2D eigenvalue weighted by molar-refractivity contribution is -0.389. The Hall–Kier alpha value is -2.62. The van der Waals surface area contributed by atoms with Gasteiger partial charge in [0.1, 0.15) is 12.7 Å². The highest BCUT2D eigenvalue weighted by Crippen LogP contribution is 2.33. The summed E-state index contributed by atoms with van der Waals surface area (Å²) in [6.45, 7) is -0.368. The van der Waals surface area contributed by atoms with Crippen LogP contribution >= 0.6 is 11.6 Å². The molecule has 2 aromatic rings. The zero-order chi connectivity index (χ0) is 17.2. The minimum Gasteiger partial charge on any atom is -0.358 e. The first-order valence-corrected chi connectivity index (χ1v) is 6.37. The van der Waals surface area contributed by atoms with E-state index >= 15 is 0 Å². The summed E-state index contributed by atoms with van der Waals surface area (Å²) in [6, 6.07) is 2.51. The first-order chi connectivity index (χ1) is 10.7. The van der Waals surface area contributed by atoms with Crippen molar-refractivity contribution in [3.05, 3.63) is 51.4 Å². The van der Waals surface area contributed by atoms with Crippen molar-refractivity contribution in [2.45, 2.75) is 12.7 Å². The van der Waals surface area contributed by atoms with E-state index in [1.807, 2.05) is 0 Å². The van der Waals surface area contributed by atoms with E-state index in [0.717, 1.165) is 29.2 Å². The number of imidazole rings is 1. The highest BCUT2D eigenvalue weighted by Gasteiger charge is 2.31. The second kappa shape index (κ2) is 6.24. The van der Waals surface area contributed by atoms with Crippen LogP contribution in [0.25, 0.3) is 0 Å². The van der Waals surface area contributed by atoms with Crippen LogP contribution in [-0.2, 0) is 17.5 Å². The summed E-state index contributed by atoms with van der Waals surface area (Å²) in [5, 5.41) is 12.6. The number of nitrogens with one attached hydrogen (secondary N) is 1. The topological polar surface area (TPSA) is 90.1 Å². The molecule has 1 aromatic carbocycles. The largest absolute Gasteiger partial charge is 0.416 e. The highest BCUT2D eigenvalue weighted by atomic mass is 35.5. The minimum absolute atomic E-state index is 0.0667. The van der Waals surface area contributed by atoms with Crippen LogP contribution in [0.4, 0.5) is 24.7 Å². The molecule has 122 valence electrons. The third kappa shape index (κ3) is 4.19. The van der Waals surface area contributed by atoms with Gasteiger partial charge in [0.2, 0.25) is 12.2 Å². The summed E-state index contributed by atoms with van der Waals surface area (Å²) >= 11 is 5.75. The number of anilines is 1. The molecular formula is C12H8ClF3N4O3. The predicted octanol–water partition coefficient (Wildman–Crippen LogP) is 3.10. The maximum atomic E-state index is 12.6. The minimum atomic E-state index is -4.57. The number of amides is 1. The molecule has 0 bridgehead atoms. The normalized spacial score (nSPS) is 11.3. The number of halogens is 4. The molecule has 0 radical (unpaired) electrons. The standard InChI is InChI=1S/C12H8ClF3N4O3/c13-8-2-1-7(12(14,15)16)3-9(8)18-11(21)5-19-4-10(17-6-19)20(22)23/h1-4,6H,5H2,(H,18,21). The molecule has 0 spiro atoms. The quantitative estimate of drug-likeness (QED) is 0.679. The average Bonchev–Trinajstić information content (AvgIpc) is 2.88. The molecule has 0 fully saturated rings. The van der Waals surface area contributed by atoms with Gasteiger partial charge >= 0.3 is 12.0 Å². The van der Waals surface area contributed by atoms with E-state index in [0.29, 0.717) is 6.07 Å². The fourth-order valence-electron chi connectivity index (χ4n) is 1.68. The number of alkyl halides is 3. The van der Waals surface area contributed by atoms with Crippen molar-refractivity contribution >= 4 is 29.0 Å². The van der Waals surface area contributed by atoms with Gasteiger partial charge in [-0.15, -0.1) is 0 Å². The maximum absolute atomic E-state index is 12.6. The molecule has 2 rings (SSSR count). The van der Waals surface area contributed by atoms with Crippen LogP contribution in [0.5, 0.6) is 0 Å². The molecule has 0 aliphatic carbocycles. The monoisotopic (exact) mass is 348 g/mol. The maximum Gasteiger partial charge on any atom is 0.416 e. The Labute approximate surface area is 131 Å². The summed E-state index contributed by atoms with van der Waals surface area (Å²) in [4.78, 5) is 25.0. The smallest absolute Gasteiger partial charge is 0.358 e. The molecule has 23 heavy (non-hydrogen) atoms. The van der Waals surface area contributed by atoms with Gasteiger partial charge in [0, 0.05) is 0 Å². The molecule has 0 saturated carbocycles. The van der Waals surface area contributed by atoms with Crippen molar-refractivity contribution < 1.29 is 22.9 Å². The highest BCUT2D eigenvalue weighted by molar-refractivity contribution is 6.33. The molecule has 0 atom stereocenters. The fraction of sp³-hybridized carbons (Fsp3) is 0.167. The van der Waals surface area contributed by atoms with Gasteiger partial charge in [-0.05, 0) is 28.1 Å². The SMILES string of the molecule is O=C(Cn1cnc([N+](=O)[O-])c1)Nc1cc(C(F)(F)F)ccc1Cl. The first kappa shape index (κ1) is 16.7. The Balaban J connectivity index is 2.11. The molecule has 7 nitrogen and oxygen atoms in total. The van der Waals surface area contributed by atoms with Crippen LogP contribution in [0, 0.1) is 10.1 Å². The van der Waals surface area contributed by atoms with Crippen LogP contribution in [0.15, 0.2) is 30.7 Å². The number of nitro groups is 1. The van der Waals surface area contributed by atoms with Crippen LogP contribution in [0.1, 0.15) is 5.56 Å². The summed E-state index contributed by atoms with van der Waals surface area (Å²) in [5.74, 6) is -1.16. The van der Waals surface area contributed by atoms with Crippen LogP contribution in [0.2, 0.25) is 5.02 Å². The summed E-state index contributed by atoms with van der Waals surface area (Å²) in [5.41, 5.74) is -1.17. The van der Waals surface area contributed by atoms with Crippen molar-refractivity contribution in [2.75, 3.05) is 5.32 Å². The lowest BCUT2D eigenvalue weighted by atomic mass is 10.2. The van der Waals surface area contributed by atoms with Crippen LogP contribution in [-0.4, -0.2) is 20.4 Å². The Bertz CT molecular complexity index is 760. The summed E-state index contributed by atoms with van der Waals surface area (Å²) in [7, 11) is 0. The Morgan fingerprint density at radius 2 is 2.13 bits per heavy atom. The average molecular weight is 349 g/mol. The third-order valence-corrected chi connectivity index (χ3v) is 3.03. The summed E-state index contributed by atoms with van der Waals surface area (Å²) < 4.78 is 39.0. The Kier molecular flexibility index (Phi) is 4.55. The van der Waals surface area contributed by atoms with Gasteiger partial charge in [-0.25, -0.2) is 0 Å². The Morgan fingerprint density at radius 3 is 2.70 bits per heavy atom. The number of hydrogen-bond acceptors (Lipinski definition) is 4. The second-order valence-corrected chi connectivity index (χ2v) is 4.81. The van der Waals surface area contributed by atoms with Crippen molar-refractivity contribution in [2.24, 2.45) is 0 Å². The summed E-state index contributed by atoms with van der Waals surface area (Å²) in [6.07, 6.45) is -2.49. The number of nitrogens with zero attached hydrogens (tertiary/aromatic N) is 3. The van der Waals surface area contributed by atoms with Gasteiger partial charge in [-0.3, -0.25) is 4.79 Å². The molecule has 0 aliphatic heterocycles. The van der Waals surface area contributed by atoms with E-state index in [2.05, 4.69) is 10.3 Å². The number of carbonyl (C=O) groups excluding carboxylic acids is 1. The number of aromatic nitrogens is 2. The molecule has 1 amide bonds. The lowest BCUT2D eigenvalue weighted by Crippen LogP contribution is -2.18. The molecule has 0 aliphatic rings. The van der Waals surface area contributed by atoms with E-state index in [-0.39, 0.29) is 17.3 Å². The second-order valence-electron chi connectivity index (χ2n) is 4.40. The van der Waals surface area contributed by atoms with Gasteiger partial charge in [-0.1, -0.05) is 11.6 Å². The van der Waals surface area contributed by atoms with Gasteiger partial charge in [0.25, 0.3) is 0 Å². The van der Waals surface area contributed by atoms with Gasteiger partial charge in [-0.2, -0.15) is 13.2 Å². The van der Waals surface area contributed by atoms with E-state index in [1.165, 1.54) is 0 Å². The van der Waals surface area contributed by atoms with Crippen molar-refractivity contribution in [3.63, 3.8) is 0 Å². The molecule has 0 saturated heterocycles. The molecular weight excluding hydrogens is 341 g/mol. The van der Waals surface area contributed by atoms with Gasteiger partial charge in [0.05, 0.1) is 16.3 Å². The molecule has 1 aromatic heterocycles. The van der Waals surface area contributed by atoms with Crippen molar-refractivity contribution in [1.82, 2.24) is 9.55 Å². The van der Waals surface area contributed by atoms with Crippen LogP contribution in [0.3, 0.4) is 0 Å². The molecule has 11 heteroatoms. The van der Waals surface area contributed by atoms with E-state index in [9.17, 15) is 28.1 Å². The molecule has 0 unspecified atom stereocenters. The van der Waals surface area contributed by atoms with Crippen LogP contribution < -0.4 is 5.32 Å². The lowest BCUT2D eigenvalue weighted by Gasteiger charge is -2.11. The van der Waals surface area contributed by atoms with E-state index < -0.39 is 28.4 Å². The number of hydrogen-bond donors (Lipinski definition) is 1. The van der Waals surface area contributed by atoms with Gasteiger partial charge < -0.3 is 20.0 Å². The zero-order valence-corrected chi connectivity index (χ0v) is 11.9. The Morgan fingerprint density at radius 1 is 1.43 bits per heavy atom. The molecule has 1 heterocycles. The third-order valence-electron chi connectivity index (χ3n) is 2.70. The van der Waals surface area contributed by atoms with Crippen molar-refractivity contribution in [1.29, 1.82) is 0 Å². The van der Waals surface area contributed by atoms with Crippen molar-refractivity contribution in [3.8, 4) is 0 Å². The number of carbonyl (C=O) groups is 1. The fourth-order valence-corrected chi connectivity index (χ4v) is 1.85. The predicted molar refractivity (Wildman–Crippen MR) is 74.0 cm³/mol. The first-order valence-electron chi connectivity index (χ1n) is 5.99. The zero-order valence-electron chi connectivity index (χ0n) is 11.2. The van der Waals surface area contributed by atoms with Gasteiger partial charge in [0.15, 0.2) is 0 Å². The number of benzene rings is 1. The molecule has 1 N–H and O–H groups in total.